The van der Waals surface area contributed by atoms with Gasteiger partial charge in [0.15, 0.2) is 11.6 Å². The van der Waals surface area contributed by atoms with Crippen molar-refractivity contribution < 1.29 is 13.5 Å². The van der Waals surface area contributed by atoms with Gasteiger partial charge < -0.3 is 10.1 Å². The van der Waals surface area contributed by atoms with Crippen molar-refractivity contribution in [1.82, 2.24) is 5.32 Å². The van der Waals surface area contributed by atoms with Gasteiger partial charge in [0.25, 0.3) is 0 Å². The van der Waals surface area contributed by atoms with Crippen molar-refractivity contribution in [2.75, 3.05) is 13.7 Å². The Bertz CT molecular complexity index is 387. The highest BCUT2D eigenvalue weighted by Crippen LogP contribution is 2.30. The van der Waals surface area contributed by atoms with Gasteiger partial charge in [0.2, 0.25) is 0 Å². The summed E-state index contributed by atoms with van der Waals surface area (Å²) in [5.74, 6) is -1.84. The Hall–Kier alpha value is -0.710. The van der Waals surface area contributed by atoms with Gasteiger partial charge in [-0.05, 0) is 33.0 Å². The van der Waals surface area contributed by atoms with Crippen LogP contribution < -0.4 is 5.32 Å². The maximum absolute atomic E-state index is 13.7. The number of rotatable bonds is 5. The predicted octanol–water partition coefficient (Wildman–Crippen LogP) is 3.30. The number of hydrogen-bond acceptors (Lipinski definition) is 2. The second-order valence-corrected chi connectivity index (χ2v) is 4.09. The number of hydrogen-bond donors (Lipinski definition) is 1. The third-order valence-corrected chi connectivity index (χ3v) is 2.93. The molecule has 0 bridgehead atoms. The van der Waals surface area contributed by atoms with Gasteiger partial charge in [0.05, 0.1) is 12.1 Å². The van der Waals surface area contributed by atoms with Crippen LogP contribution in [0.2, 0.25) is 5.02 Å². The molecule has 2 atom stereocenters. The van der Waals surface area contributed by atoms with E-state index in [2.05, 4.69) is 5.32 Å². The van der Waals surface area contributed by atoms with Crippen LogP contribution in [0.15, 0.2) is 12.1 Å². The second kappa shape index (κ2) is 6.28. The summed E-state index contributed by atoms with van der Waals surface area (Å²) in [6.45, 7) is 4.12. The van der Waals surface area contributed by atoms with Gasteiger partial charge in [0, 0.05) is 17.2 Å². The SMILES string of the molecule is CCOC(C)C(NC)c1c(Cl)ccc(F)c1F. The molecule has 0 spiro atoms. The monoisotopic (exact) mass is 263 g/mol. The molecule has 5 heteroatoms. The summed E-state index contributed by atoms with van der Waals surface area (Å²) < 4.78 is 32.3. The minimum Gasteiger partial charge on any atom is -0.377 e. The van der Waals surface area contributed by atoms with Crippen molar-refractivity contribution in [1.29, 1.82) is 0 Å². The zero-order chi connectivity index (χ0) is 13.0. The summed E-state index contributed by atoms with van der Waals surface area (Å²) in [6.07, 6.45) is -0.307. The fourth-order valence-electron chi connectivity index (χ4n) is 1.80. The zero-order valence-corrected chi connectivity index (χ0v) is 10.8. The molecule has 2 unspecified atom stereocenters. The number of likely N-dealkylation sites (N-methyl/N-ethyl adjacent to an activating group) is 1. The van der Waals surface area contributed by atoms with Gasteiger partial charge in [-0.15, -0.1) is 0 Å². The first kappa shape index (κ1) is 14.4. The van der Waals surface area contributed by atoms with E-state index in [0.717, 1.165) is 6.07 Å². The van der Waals surface area contributed by atoms with Gasteiger partial charge in [-0.1, -0.05) is 11.6 Å². The van der Waals surface area contributed by atoms with Gasteiger partial charge in [0.1, 0.15) is 0 Å². The lowest BCUT2D eigenvalue weighted by atomic mass is 10.0. The first-order valence-electron chi connectivity index (χ1n) is 5.45. The Morgan fingerprint density at radius 2 is 2.06 bits per heavy atom. The topological polar surface area (TPSA) is 21.3 Å². The summed E-state index contributed by atoms with van der Waals surface area (Å²) >= 11 is 5.92. The van der Waals surface area contributed by atoms with Crippen LogP contribution in [0.25, 0.3) is 0 Å². The van der Waals surface area contributed by atoms with E-state index in [9.17, 15) is 8.78 Å². The van der Waals surface area contributed by atoms with Gasteiger partial charge in [-0.2, -0.15) is 0 Å². The Morgan fingerprint density at radius 3 is 2.59 bits per heavy atom. The summed E-state index contributed by atoms with van der Waals surface area (Å²) in [7, 11) is 1.65. The average molecular weight is 264 g/mol. The molecule has 17 heavy (non-hydrogen) atoms. The molecule has 0 aliphatic heterocycles. The normalized spacial score (nSPS) is 14.7. The van der Waals surface area contributed by atoms with Crippen LogP contribution in [-0.2, 0) is 4.74 Å². The summed E-state index contributed by atoms with van der Waals surface area (Å²) in [6, 6.07) is 1.87. The van der Waals surface area contributed by atoms with Crippen molar-refractivity contribution >= 4 is 11.6 Å². The van der Waals surface area contributed by atoms with E-state index in [-0.39, 0.29) is 16.7 Å². The second-order valence-electron chi connectivity index (χ2n) is 3.68. The van der Waals surface area contributed by atoms with E-state index in [1.807, 2.05) is 6.92 Å². The molecule has 1 rings (SSSR count). The number of benzene rings is 1. The van der Waals surface area contributed by atoms with Crippen molar-refractivity contribution in [2.45, 2.75) is 26.0 Å². The van der Waals surface area contributed by atoms with Crippen molar-refractivity contribution in [2.24, 2.45) is 0 Å². The third-order valence-electron chi connectivity index (χ3n) is 2.60. The predicted molar refractivity (Wildman–Crippen MR) is 64.3 cm³/mol. The van der Waals surface area contributed by atoms with Crippen molar-refractivity contribution in [3.8, 4) is 0 Å². The highest BCUT2D eigenvalue weighted by molar-refractivity contribution is 6.31. The molecule has 0 aliphatic carbocycles. The minimum absolute atomic E-state index is 0.107. The molecule has 1 aromatic rings. The smallest absolute Gasteiger partial charge is 0.165 e. The van der Waals surface area contributed by atoms with Crippen LogP contribution in [0.3, 0.4) is 0 Å². The molecular weight excluding hydrogens is 248 g/mol. The number of halogens is 3. The third kappa shape index (κ3) is 3.15. The number of nitrogens with one attached hydrogen (secondary N) is 1. The fourth-order valence-corrected chi connectivity index (χ4v) is 2.06. The average Bonchev–Trinajstić information content (AvgIpc) is 2.30. The molecule has 0 aromatic heterocycles. The van der Waals surface area contributed by atoms with E-state index in [4.69, 9.17) is 16.3 Å². The Kier molecular flexibility index (Phi) is 5.31. The zero-order valence-electron chi connectivity index (χ0n) is 10.1. The van der Waals surface area contributed by atoms with Gasteiger partial charge >= 0.3 is 0 Å². The van der Waals surface area contributed by atoms with Crippen LogP contribution in [0.5, 0.6) is 0 Å². The molecule has 0 saturated carbocycles. The molecule has 0 radical (unpaired) electrons. The minimum atomic E-state index is -0.927. The highest BCUT2D eigenvalue weighted by atomic mass is 35.5. The lowest BCUT2D eigenvalue weighted by Gasteiger charge is -2.25. The first-order chi connectivity index (χ1) is 8.02. The van der Waals surface area contributed by atoms with Crippen LogP contribution in [0.4, 0.5) is 8.78 Å². The molecule has 1 N–H and O–H groups in total. The molecule has 0 aliphatic rings. The lowest BCUT2D eigenvalue weighted by Crippen LogP contribution is -2.30. The van der Waals surface area contributed by atoms with Gasteiger partial charge in [-0.25, -0.2) is 8.78 Å². The molecule has 96 valence electrons. The molecule has 0 fully saturated rings. The molecule has 2 nitrogen and oxygen atoms in total. The van der Waals surface area contributed by atoms with Gasteiger partial charge in [-0.3, -0.25) is 0 Å². The molecule has 0 saturated heterocycles. The summed E-state index contributed by atoms with van der Waals surface area (Å²) in [5.41, 5.74) is 0.107. The summed E-state index contributed by atoms with van der Waals surface area (Å²) in [5, 5.41) is 3.09. The van der Waals surface area contributed by atoms with Crippen LogP contribution in [-0.4, -0.2) is 19.8 Å². The maximum Gasteiger partial charge on any atom is 0.165 e. The maximum atomic E-state index is 13.7. The lowest BCUT2D eigenvalue weighted by molar-refractivity contribution is 0.0482. The van der Waals surface area contributed by atoms with Crippen LogP contribution >= 0.6 is 11.6 Å². The molecule has 0 heterocycles. The van der Waals surface area contributed by atoms with Crippen molar-refractivity contribution in [3.05, 3.63) is 34.4 Å². The standard InChI is InChI=1S/C12H16ClF2NO/c1-4-17-7(2)12(16-3)10-8(13)5-6-9(14)11(10)15/h5-7,12,16H,4H2,1-3H3. The van der Waals surface area contributed by atoms with E-state index < -0.39 is 17.7 Å². The Balaban J connectivity index is 3.15. The summed E-state index contributed by atoms with van der Waals surface area (Å²) in [4.78, 5) is 0. The van der Waals surface area contributed by atoms with E-state index in [1.54, 1.807) is 14.0 Å². The Labute approximate surface area is 105 Å². The largest absolute Gasteiger partial charge is 0.377 e. The molecular formula is C12H16ClF2NO. The van der Waals surface area contributed by atoms with Crippen molar-refractivity contribution in [3.63, 3.8) is 0 Å². The number of ether oxygens (including phenoxy) is 1. The van der Waals surface area contributed by atoms with Crippen LogP contribution in [0.1, 0.15) is 25.5 Å². The van der Waals surface area contributed by atoms with E-state index >= 15 is 0 Å². The Morgan fingerprint density at radius 1 is 1.41 bits per heavy atom. The fraction of sp³-hybridized carbons (Fsp3) is 0.500. The quantitative estimate of drug-likeness (QED) is 0.823. The molecule has 0 amide bonds. The molecule has 1 aromatic carbocycles. The highest BCUT2D eigenvalue weighted by Gasteiger charge is 2.25. The van der Waals surface area contributed by atoms with E-state index in [0.29, 0.717) is 6.61 Å². The first-order valence-corrected chi connectivity index (χ1v) is 5.83. The van der Waals surface area contributed by atoms with E-state index in [1.165, 1.54) is 6.07 Å². The van der Waals surface area contributed by atoms with Crippen LogP contribution in [0, 0.1) is 11.6 Å².